The highest BCUT2D eigenvalue weighted by molar-refractivity contribution is 8.04. The topological polar surface area (TPSA) is 53.1 Å². The Hall–Kier alpha value is -2.64. The lowest BCUT2D eigenvalue weighted by Crippen LogP contribution is -2.55. The van der Waals surface area contributed by atoms with Gasteiger partial charge in [0, 0.05) is 55.5 Å². The van der Waals surface area contributed by atoms with Crippen molar-refractivity contribution >= 4 is 46.9 Å². The smallest absolute Gasteiger partial charge is 0.260 e. The van der Waals surface area contributed by atoms with Crippen LogP contribution in [0.25, 0.3) is 6.08 Å². The first kappa shape index (κ1) is 25.0. The highest BCUT2D eigenvalue weighted by atomic mass is 35.5. The summed E-state index contributed by atoms with van der Waals surface area (Å²) in [4.78, 5) is 33.5. The van der Waals surface area contributed by atoms with Crippen LogP contribution >= 0.6 is 23.4 Å². The number of halogens is 1. The zero-order valence-corrected chi connectivity index (χ0v) is 22.3. The number of para-hydroxylation sites is 2. The van der Waals surface area contributed by atoms with E-state index < -0.39 is 0 Å². The van der Waals surface area contributed by atoms with Crippen molar-refractivity contribution in [3.63, 3.8) is 0 Å². The molecule has 2 aromatic rings. The standard InChI is InChI=1S/C28H32ClN3O3S/c1-30-23-17-20(11-12-25(23)36-26(28(30)34)18-19-7-3-4-8-21(19)29)27(33)32-15-13-31(14-16-32)22-9-5-6-10-24(22)35-2/h3-10,18,20,23,25H,11-17H2,1-2H3/b26-18-. The third kappa shape index (κ3) is 4.96. The van der Waals surface area contributed by atoms with Crippen molar-refractivity contribution in [2.24, 2.45) is 5.92 Å². The average molecular weight is 526 g/mol. The molecule has 0 bridgehead atoms. The Morgan fingerprint density at radius 3 is 2.53 bits per heavy atom. The molecule has 2 amide bonds. The van der Waals surface area contributed by atoms with Gasteiger partial charge in [0.25, 0.3) is 5.91 Å². The van der Waals surface area contributed by atoms with Gasteiger partial charge in [0.15, 0.2) is 0 Å². The number of benzene rings is 2. The minimum Gasteiger partial charge on any atom is -0.495 e. The van der Waals surface area contributed by atoms with E-state index in [-0.39, 0.29) is 23.8 Å². The molecule has 3 fully saturated rings. The Morgan fingerprint density at radius 1 is 1.06 bits per heavy atom. The van der Waals surface area contributed by atoms with Crippen LogP contribution in [0.15, 0.2) is 53.4 Å². The maximum Gasteiger partial charge on any atom is 0.260 e. The lowest BCUT2D eigenvalue weighted by Gasteiger charge is -2.45. The average Bonchev–Trinajstić information content (AvgIpc) is 2.92. The number of ether oxygens (including phenoxy) is 1. The number of piperazine rings is 1. The first-order chi connectivity index (χ1) is 17.5. The van der Waals surface area contributed by atoms with Crippen LogP contribution in [-0.2, 0) is 9.59 Å². The SMILES string of the molecule is COc1ccccc1N1CCN(C(=O)C2CCC3S/C(=C\c4ccccc4Cl)C(=O)N(C)C3C2)CC1. The van der Waals surface area contributed by atoms with Gasteiger partial charge in [-0.2, -0.15) is 0 Å². The maximum absolute atomic E-state index is 13.5. The van der Waals surface area contributed by atoms with Crippen molar-refractivity contribution < 1.29 is 14.3 Å². The minimum absolute atomic E-state index is 0.0136. The summed E-state index contributed by atoms with van der Waals surface area (Å²) in [6.07, 6.45) is 4.41. The van der Waals surface area contributed by atoms with Gasteiger partial charge < -0.3 is 19.4 Å². The Kier molecular flexibility index (Phi) is 7.49. The monoisotopic (exact) mass is 525 g/mol. The number of anilines is 1. The Bertz CT molecular complexity index is 1160. The van der Waals surface area contributed by atoms with Crippen LogP contribution in [0.5, 0.6) is 5.75 Å². The van der Waals surface area contributed by atoms with Gasteiger partial charge in [-0.25, -0.2) is 0 Å². The summed E-state index contributed by atoms with van der Waals surface area (Å²) < 4.78 is 5.52. The van der Waals surface area contributed by atoms with Gasteiger partial charge in [-0.1, -0.05) is 41.9 Å². The van der Waals surface area contributed by atoms with Crippen LogP contribution in [0.4, 0.5) is 5.69 Å². The van der Waals surface area contributed by atoms with Crippen molar-refractivity contribution in [1.29, 1.82) is 0 Å². The van der Waals surface area contributed by atoms with Crippen molar-refractivity contribution in [2.75, 3.05) is 45.2 Å². The van der Waals surface area contributed by atoms with E-state index in [0.717, 1.165) is 54.3 Å². The van der Waals surface area contributed by atoms with E-state index >= 15 is 0 Å². The second-order valence-electron chi connectivity index (χ2n) is 9.66. The number of carbonyl (C=O) groups is 2. The van der Waals surface area contributed by atoms with Crippen molar-refractivity contribution in [1.82, 2.24) is 9.80 Å². The van der Waals surface area contributed by atoms with Gasteiger partial charge >= 0.3 is 0 Å². The number of thioether (sulfide) groups is 1. The number of rotatable bonds is 4. The molecule has 2 aliphatic heterocycles. The molecule has 3 aliphatic rings. The molecule has 0 radical (unpaired) electrons. The molecule has 1 saturated carbocycles. The molecule has 5 rings (SSSR count). The normalized spacial score (nSPS) is 25.6. The van der Waals surface area contributed by atoms with Gasteiger partial charge in [0.2, 0.25) is 5.91 Å². The van der Waals surface area contributed by atoms with Crippen LogP contribution in [0.1, 0.15) is 24.8 Å². The molecule has 190 valence electrons. The van der Waals surface area contributed by atoms with Gasteiger partial charge in [0.05, 0.1) is 17.7 Å². The summed E-state index contributed by atoms with van der Waals surface area (Å²) >= 11 is 7.97. The van der Waals surface area contributed by atoms with Crippen molar-refractivity contribution in [3.8, 4) is 5.75 Å². The first-order valence-corrected chi connectivity index (χ1v) is 13.8. The van der Waals surface area contributed by atoms with Gasteiger partial charge in [0.1, 0.15) is 5.75 Å². The molecule has 6 nitrogen and oxygen atoms in total. The molecule has 8 heteroatoms. The van der Waals surface area contributed by atoms with Gasteiger partial charge in [-0.3, -0.25) is 9.59 Å². The Morgan fingerprint density at radius 2 is 1.78 bits per heavy atom. The summed E-state index contributed by atoms with van der Waals surface area (Å²) in [5, 5.41) is 0.941. The molecule has 0 spiro atoms. The first-order valence-electron chi connectivity index (χ1n) is 12.5. The summed E-state index contributed by atoms with van der Waals surface area (Å²) in [6.45, 7) is 2.98. The molecule has 2 heterocycles. The van der Waals surface area contributed by atoms with Crippen molar-refractivity contribution in [3.05, 3.63) is 64.0 Å². The van der Waals surface area contributed by atoms with Crippen LogP contribution in [-0.4, -0.2) is 73.2 Å². The molecular weight excluding hydrogens is 494 g/mol. The quantitative estimate of drug-likeness (QED) is 0.538. The molecule has 0 N–H and O–H groups in total. The second-order valence-corrected chi connectivity index (χ2v) is 11.4. The number of methoxy groups -OCH3 is 1. The van der Waals surface area contributed by atoms with Crippen molar-refractivity contribution in [2.45, 2.75) is 30.6 Å². The lowest BCUT2D eigenvalue weighted by atomic mass is 9.83. The van der Waals surface area contributed by atoms with Crippen LogP contribution < -0.4 is 9.64 Å². The highest BCUT2D eigenvalue weighted by Gasteiger charge is 2.43. The van der Waals surface area contributed by atoms with Crippen LogP contribution in [0.3, 0.4) is 0 Å². The molecule has 1 aliphatic carbocycles. The zero-order chi connectivity index (χ0) is 25.2. The minimum atomic E-state index is -0.0333. The van der Waals surface area contributed by atoms with Crippen LogP contribution in [0.2, 0.25) is 5.02 Å². The Labute approximate surface area is 222 Å². The largest absolute Gasteiger partial charge is 0.495 e. The van der Waals surface area contributed by atoms with E-state index in [4.69, 9.17) is 16.3 Å². The fourth-order valence-electron chi connectivity index (χ4n) is 5.57. The number of hydrogen-bond acceptors (Lipinski definition) is 5. The van der Waals surface area contributed by atoms with E-state index in [1.807, 2.05) is 65.4 Å². The lowest BCUT2D eigenvalue weighted by molar-refractivity contribution is -0.139. The fourth-order valence-corrected chi connectivity index (χ4v) is 7.23. The maximum atomic E-state index is 13.5. The Balaban J connectivity index is 1.21. The third-order valence-electron chi connectivity index (χ3n) is 7.62. The van der Waals surface area contributed by atoms with E-state index in [1.165, 1.54) is 0 Å². The number of hydrogen-bond donors (Lipinski definition) is 0. The number of nitrogens with zero attached hydrogens (tertiary/aromatic N) is 3. The van der Waals surface area contributed by atoms with E-state index in [0.29, 0.717) is 23.4 Å². The van der Waals surface area contributed by atoms with E-state index in [2.05, 4.69) is 11.0 Å². The summed E-state index contributed by atoms with van der Waals surface area (Å²) in [5.74, 6) is 1.08. The molecule has 36 heavy (non-hydrogen) atoms. The number of amides is 2. The molecular formula is C28H32ClN3O3S. The summed E-state index contributed by atoms with van der Waals surface area (Å²) in [7, 11) is 3.56. The second kappa shape index (κ2) is 10.8. The van der Waals surface area contributed by atoms with Gasteiger partial charge in [-0.05, 0) is 49.1 Å². The third-order valence-corrected chi connectivity index (χ3v) is 9.36. The molecule has 2 saturated heterocycles. The fraction of sp³-hybridized carbons (Fsp3) is 0.429. The van der Waals surface area contributed by atoms with E-state index in [9.17, 15) is 9.59 Å². The molecule has 3 atom stereocenters. The predicted molar refractivity (Wildman–Crippen MR) is 146 cm³/mol. The molecule has 0 aromatic heterocycles. The van der Waals surface area contributed by atoms with Crippen LogP contribution in [0, 0.1) is 5.92 Å². The van der Waals surface area contributed by atoms with E-state index in [1.54, 1.807) is 18.9 Å². The number of carbonyl (C=O) groups excluding carboxylic acids is 2. The highest BCUT2D eigenvalue weighted by Crippen LogP contribution is 2.44. The number of likely N-dealkylation sites (N-methyl/N-ethyl adjacent to an activating group) is 1. The predicted octanol–water partition coefficient (Wildman–Crippen LogP) is 4.78. The molecule has 3 unspecified atom stereocenters. The summed E-state index contributed by atoms with van der Waals surface area (Å²) in [6, 6.07) is 15.7. The zero-order valence-electron chi connectivity index (χ0n) is 20.7. The van der Waals surface area contributed by atoms with Gasteiger partial charge in [-0.15, -0.1) is 11.8 Å². The molecule has 2 aromatic carbocycles. The summed E-state index contributed by atoms with van der Waals surface area (Å²) in [5.41, 5.74) is 1.94. The number of fused-ring (bicyclic) bond motifs is 1.